The zero-order valence-corrected chi connectivity index (χ0v) is 20.8. The highest BCUT2D eigenvalue weighted by Crippen LogP contribution is 2.71. The minimum atomic E-state index is -1.23. The standard InChI is InChI=1S/C28H36O6/c1-13-11-19(33-25(31)14(13)2)15(3)16-8-9-17-22-18(12-21(30)26(16,17)4)27(5)20(29)7-6-10-28(27,32)24-23(22)34-24/h6-7,15-19,22-24,32H,8-12H2,1-5H3/t15-,16+,17-,18+,19+,22-,23-,24-,26+,27-,28+/m0/s1. The molecule has 0 aromatic heterocycles. The summed E-state index contributed by atoms with van der Waals surface area (Å²) in [6.07, 6.45) is 5.93. The van der Waals surface area contributed by atoms with Gasteiger partial charge in [0.15, 0.2) is 5.78 Å². The number of fused-ring (bicyclic) bond motifs is 8. The summed E-state index contributed by atoms with van der Waals surface area (Å²) in [7, 11) is 0. The van der Waals surface area contributed by atoms with Crippen LogP contribution in [0.3, 0.4) is 0 Å². The molecule has 0 radical (unpaired) electrons. The monoisotopic (exact) mass is 468 g/mol. The fourth-order valence-electron chi connectivity index (χ4n) is 9.04. The van der Waals surface area contributed by atoms with Crippen LogP contribution in [0, 0.1) is 40.4 Å². The van der Waals surface area contributed by atoms with Crippen LogP contribution in [0.1, 0.15) is 66.7 Å². The van der Waals surface area contributed by atoms with Gasteiger partial charge >= 0.3 is 5.97 Å². The highest BCUT2D eigenvalue weighted by atomic mass is 16.6. The van der Waals surface area contributed by atoms with Gasteiger partial charge in [0.25, 0.3) is 0 Å². The lowest BCUT2D eigenvalue weighted by molar-refractivity contribution is -0.184. The molecule has 184 valence electrons. The Morgan fingerprint density at radius 2 is 1.82 bits per heavy atom. The highest BCUT2D eigenvalue weighted by Gasteiger charge is 2.78. The molecule has 0 aromatic carbocycles. The molecule has 0 amide bonds. The van der Waals surface area contributed by atoms with Crippen LogP contribution in [0.5, 0.6) is 0 Å². The average molecular weight is 469 g/mol. The lowest BCUT2D eigenvalue weighted by atomic mass is 9.43. The minimum Gasteiger partial charge on any atom is -0.458 e. The van der Waals surface area contributed by atoms with Crippen molar-refractivity contribution in [1.29, 1.82) is 0 Å². The third-order valence-electron chi connectivity index (χ3n) is 11.4. The van der Waals surface area contributed by atoms with E-state index in [9.17, 15) is 19.5 Å². The first-order valence-electron chi connectivity index (χ1n) is 13.0. The summed E-state index contributed by atoms with van der Waals surface area (Å²) in [5.41, 5.74) is -1.00. The van der Waals surface area contributed by atoms with Crippen molar-refractivity contribution in [3.8, 4) is 0 Å². The van der Waals surface area contributed by atoms with Gasteiger partial charge in [-0.1, -0.05) is 25.5 Å². The molecule has 4 fully saturated rings. The fraction of sp³-hybridized carbons (Fsp3) is 0.750. The number of cyclic esters (lactones) is 1. The third kappa shape index (κ3) is 2.52. The highest BCUT2D eigenvalue weighted by molar-refractivity contribution is 5.98. The number of esters is 1. The van der Waals surface area contributed by atoms with Gasteiger partial charge in [-0.25, -0.2) is 4.79 Å². The summed E-state index contributed by atoms with van der Waals surface area (Å²) in [6, 6.07) is 0. The molecule has 2 aliphatic heterocycles. The number of Topliss-reactive ketones (excluding diaryl/α,β-unsaturated/α-hetero) is 1. The lowest BCUT2D eigenvalue weighted by Gasteiger charge is -2.59. The molecule has 11 atom stereocenters. The average Bonchev–Trinajstić information content (AvgIpc) is 3.51. The van der Waals surface area contributed by atoms with E-state index in [1.165, 1.54) is 0 Å². The van der Waals surface area contributed by atoms with Gasteiger partial charge in [0.2, 0.25) is 0 Å². The number of aliphatic hydroxyl groups is 1. The van der Waals surface area contributed by atoms with Crippen molar-refractivity contribution in [1.82, 2.24) is 0 Å². The van der Waals surface area contributed by atoms with Gasteiger partial charge in [0.05, 0.1) is 11.5 Å². The summed E-state index contributed by atoms with van der Waals surface area (Å²) in [5.74, 6) is 0.0467. The SMILES string of the molecule is CC1=C(C)C(=O)O[C@@H]([C@@H](C)[C@H]2CC[C@H]3[C@@H]4[C@@H]5O[C@@H]5[C@]5(O)CC=CC(=O)[C@]5(C)[C@@H]4CC(=O)[C@]23C)C1. The van der Waals surface area contributed by atoms with E-state index in [1.54, 1.807) is 12.2 Å². The zero-order valence-electron chi connectivity index (χ0n) is 20.8. The number of hydrogen-bond acceptors (Lipinski definition) is 6. The lowest BCUT2D eigenvalue weighted by Crippen LogP contribution is -2.68. The molecule has 0 unspecified atom stereocenters. The molecule has 6 rings (SSSR count). The van der Waals surface area contributed by atoms with Crippen molar-refractivity contribution in [2.24, 2.45) is 40.4 Å². The minimum absolute atomic E-state index is 0.0637. The van der Waals surface area contributed by atoms with E-state index in [2.05, 4.69) is 13.8 Å². The molecule has 3 saturated carbocycles. The van der Waals surface area contributed by atoms with Gasteiger partial charge in [-0.15, -0.1) is 0 Å². The van der Waals surface area contributed by atoms with E-state index in [4.69, 9.17) is 9.47 Å². The van der Waals surface area contributed by atoms with Crippen LogP contribution in [0.25, 0.3) is 0 Å². The first-order chi connectivity index (χ1) is 16.0. The maximum Gasteiger partial charge on any atom is 0.333 e. The maximum atomic E-state index is 14.0. The van der Waals surface area contributed by atoms with Crippen LogP contribution in [0.2, 0.25) is 0 Å². The molecule has 0 aromatic rings. The third-order valence-corrected chi connectivity index (χ3v) is 11.4. The molecular formula is C28H36O6. The molecule has 4 aliphatic carbocycles. The first-order valence-corrected chi connectivity index (χ1v) is 13.0. The zero-order chi connectivity index (χ0) is 24.4. The number of allylic oxidation sites excluding steroid dienone is 1. The van der Waals surface area contributed by atoms with E-state index in [1.807, 2.05) is 20.8 Å². The second-order valence-electron chi connectivity index (χ2n) is 12.4. The Hall–Kier alpha value is -1.79. The predicted molar refractivity (Wildman–Crippen MR) is 123 cm³/mol. The maximum absolute atomic E-state index is 14.0. The summed E-state index contributed by atoms with van der Waals surface area (Å²) < 4.78 is 12.0. The Kier molecular flexibility index (Phi) is 4.60. The summed E-state index contributed by atoms with van der Waals surface area (Å²) in [4.78, 5) is 39.7. The molecule has 1 saturated heterocycles. The number of ketones is 2. The molecule has 2 heterocycles. The van der Waals surface area contributed by atoms with Crippen molar-refractivity contribution in [2.75, 3.05) is 0 Å². The number of ether oxygens (including phenoxy) is 2. The number of hydrogen-bond donors (Lipinski definition) is 1. The van der Waals surface area contributed by atoms with Gasteiger partial charge in [0, 0.05) is 23.8 Å². The van der Waals surface area contributed by atoms with Crippen molar-refractivity contribution < 1.29 is 29.0 Å². The van der Waals surface area contributed by atoms with Gasteiger partial charge < -0.3 is 14.6 Å². The molecule has 34 heavy (non-hydrogen) atoms. The Bertz CT molecular complexity index is 1060. The molecule has 1 N–H and O–H groups in total. The molecule has 0 spiro atoms. The van der Waals surface area contributed by atoms with Crippen LogP contribution in [-0.2, 0) is 23.9 Å². The van der Waals surface area contributed by atoms with E-state index >= 15 is 0 Å². The molecule has 6 heteroatoms. The Labute approximate surface area is 201 Å². The van der Waals surface area contributed by atoms with Crippen molar-refractivity contribution >= 4 is 17.5 Å². The van der Waals surface area contributed by atoms with E-state index in [0.717, 1.165) is 24.8 Å². The van der Waals surface area contributed by atoms with Gasteiger partial charge in [-0.05, 0) is 75.7 Å². The van der Waals surface area contributed by atoms with Crippen molar-refractivity contribution in [2.45, 2.75) is 90.6 Å². The molecule has 6 aliphatic rings. The van der Waals surface area contributed by atoms with E-state index < -0.39 is 16.4 Å². The Morgan fingerprint density at radius 3 is 2.53 bits per heavy atom. The number of carbonyl (C=O) groups is 3. The molecular weight excluding hydrogens is 432 g/mol. The number of epoxide rings is 1. The summed E-state index contributed by atoms with van der Waals surface area (Å²) in [5, 5.41) is 11.7. The normalized spacial score (nSPS) is 52.4. The van der Waals surface area contributed by atoms with Gasteiger partial charge in [-0.2, -0.15) is 0 Å². The van der Waals surface area contributed by atoms with Crippen molar-refractivity contribution in [3.63, 3.8) is 0 Å². The quantitative estimate of drug-likeness (QED) is 0.492. The second-order valence-corrected chi connectivity index (χ2v) is 12.4. The Balaban J connectivity index is 1.34. The van der Waals surface area contributed by atoms with Crippen molar-refractivity contribution in [3.05, 3.63) is 23.3 Å². The largest absolute Gasteiger partial charge is 0.458 e. The summed E-state index contributed by atoms with van der Waals surface area (Å²) >= 11 is 0. The molecule has 0 bridgehead atoms. The summed E-state index contributed by atoms with van der Waals surface area (Å²) in [6.45, 7) is 9.94. The van der Waals surface area contributed by atoms with Crippen LogP contribution in [0.15, 0.2) is 23.3 Å². The van der Waals surface area contributed by atoms with Gasteiger partial charge in [0.1, 0.15) is 23.6 Å². The number of carbonyl (C=O) groups excluding carboxylic acids is 3. The first kappa shape index (κ1) is 22.7. The van der Waals surface area contributed by atoms with Crippen LogP contribution in [-0.4, -0.2) is 46.6 Å². The second kappa shape index (κ2) is 6.91. The van der Waals surface area contributed by atoms with Gasteiger partial charge in [-0.3, -0.25) is 9.59 Å². The fourth-order valence-corrected chi connectivity index (χ4v) is 9.04. The Morgan fingerprint density at radius 1 is 1.09 bits per heavy atom. The number of rotatable bonds is 2. The van der Waals surface area contributed by atoms with Crippen LogP contribution >= 0.6 is 0 Å². The van der Waals surface area contributed by atoms with Crippen LogP contribution < -0.4 is 0 Å². The topological polar surface area (TPSA) is 93.2 Å². The smallest absolute Gasteiger partial charge is 0.333 e. The predicted octanol–water partition coefficient (Wildman–Crippen LogP) is 3.56. The van der Waals surface area contributed by atoms with E-state index in [-0.39, 0.29) is 65.4 Å². The van der Waals surface area contributed by atoms with Crippen LogP contribution in [0.4, 0.5) is 0 Å². The van der Waals surface area contributed by atoms with E-state index in [0.29, 0.717) is 18.4 Å². The molecule has 6 nitrogen and oxygen atoms in total.